The fraction of sp³-hybridized carbons (Fsp3) is 0.682. The van der Waals surface area contributed by atoms with Crippen molar-refractivity contribution in [2.45, 2.75) is 52.2 Å². The normalized spacial score (nSPS) is 23.8. The first-order valence-corrected chi connectivity index (χ1v) is 10.3. The molecule has 2 fully saturated rings. The molecule has 2 atom stereocenters. The maximum atomic E-state index is 12.8. The van der Waals surface area contributed by atoms with Crippen LogP contribution in [0.5, 0.6) is 0 Å². The standard InChI is InChI=1S/C22H34N2O2/c1-18-10-13-23(14-11-18)15-21-9-6-12-24(16-21)22(25)19(2)26-17-20-7-4-3-5-8-20/h3-5,7-8,18-19,21H,6,9-17H2,1-2H3. The highest BCUT2D eigenvalue weighted by atomic mass is 16.5. The molecule has 1 amide bonds. The van der Waals surface area contributed by atoms with E-state index >= 15 is 0 Å². The molecule has 4 nitrogen and oxygen atoms in total. The third-order valence-corrected chi connectivity index (χ3v) is 5.91. The molecule has 2 unspecified atom stereocenters. The lowest BCUT2D eigenvalue weighted by molar-refractivity contribution is -0.145. The summed E-state index contributed by atoms with van der Waals surface area (Å²) in [4.78, 5) is 17.4. The van der Waals surface area contributed by atoms with E-state index < -0.39 is 0 Å². The first-order valence-electron chi connectivity index (χ1n) is 10.3. The minimum atomic E-state index is -0.371. The third-order valence-electron chi connectivity index (χ3n) is 5.91. The highest BCUT2D eigenvalue weighted by molar-refractivity contribution is 5.80. The Morgan fingerprint density at radius 2 is 1.88 bits per heavy atom. The molecular weight excluding hydrogens is 324 g/mol. The lowest BCUT2D eigenvalue weighted by Crippen LogP contribution is -2.48. The SMILES string of the molecule is CC1CCN(CC2CCCN(C(=O)C(C)OCc3ccccc3)C2)CC1. The molecule has 2 heterocycles. The number of piperidine rings is 2. The maximum absolute atomic E-state index is 12.8. The van der Waals surface area contributed by atoms with Crippen LogP contribution in [0.25, 0.3) is 0 Å². The number of nitrogens with zero attached hydrogens (tertiary/aromatic N) is 2. The van der Waals surface area contributed by atoms with Gasteiger partial charge in [0.25, 0.3) is 5.91 Å². The van der Waals surface area contributed by atoms with E-state index in [4.69, 9.17) is 4.74 Å². The number of carbonyl (C=O) groups is 1. The van der Waals surface area contributed by atoms with Crippen molar-refractivity contribution in [3.63, 3.8) is 0 Å². The van der Waals surface area contributed by atoms with Crippen molar-refractivity contribution in [3.8, 4) is 0 Å². The zero-order chi connectivity index (χ0) is 18.4. The molecule has 26 heavy (non-hydrogen) atoms. The van der Waals surface area contributed by atoms with Crippen molar-refractivity contribution in [1.29, 1.82) is 0 Å². The summed E-state index contributed by atoms with van der Waals surface area (Å²) >= 11 is 0. The Morgan fingerprint density at radius 3 is 2.62 bits per heavy atom. The fourth-order valence-electron chi connectivity index (χ4n) is 4.15. The van der Waals surface area contributed by atoms with Gasteiger partial charge in [-0.05, 0) is 63.1 Å². The van der Waals surface area contributed by atoms with Crippen LogP contribution in [-0.4, -0.2) is 54.5 Å². The van der Waals surface area contributed by atoms with Crippen LogP contribution in [-0.2, 0) is 16.1 Å². The molecule has 0 N–H and O–H groups in total. The largest absolute Gasteiger partial charge is 0.364 e. The van der Waals surface area contributed by atoms with Crippen LogP contribution in [0.3, 0.4) is 0 Å². The van der Waals surface area contributed by atoms with Gasteiger partial charge >= 0.3 is 0 Å². The van der Waals surface area contributed by atoms with E-state index in [9.17, 15) is 4.79 Å². The first-order chi connectivity index (χ1) is 12.6. The van der Waals surface area contributed by atoms with Crippen molar-refractivity contribution in [2.75, 3.05) is 32.7 Å². The van der Waals surface area contributed by atoms with Crippen LogP contribution >= 0.6 is 0 Å². The number of ether oxygens (including phenoxy) is 1. The predicted octanol–water partition coefficient (Wildman–Crippen LogP) is 3.56. The van der Waals surface area contributed by atoms with E-state index in [1.54, 1.807) is 0 Å². The number of hydrogen-bond acceptors (Lipinski definition) is 3. The molecule has 2 saturated heterocycles. The minimum Gasteiger partial charge on any atom is -0.364 e. The highest BCUT2D eigenvalue weighted by Gasteiger charge is 2.29. The number of likely N-dealkylation sites (tertiary alicyclic amines) is 2. The summed E-state index contributed by atoms with van der Waals surface area (Å²) in [7, 11) is 0. The zero-order valence-electron chi connectivity index (χ0n) is 16.4. The van der Waals surface area contributed by atoms with Crippen molar-refractivity contribution in [1.82, 2.24) is 9.80 Å². The highest BCUT2D eigenvalue weighted by Crippen LogP contribution is 2.22. The second kappa shape index (κ2) is 9.52. The van der Waals surface area contributed by atoms with E-state index in [1.807, 2.05) is 42.2 Å². The lowest BCUT2D eigenvalue weighted by Gasteiger charge is -2.38. The smallest absolute Gasteiger partial charge is 0.251 e. The Labute approximate surface area is 158 Å². The van der Waals surface area contributed by atoms with Gasteiger partial charge in [-0.3, -0.25) is 4.79 Å². The van der Waals surface area contributed by atoms with Gasteiger partial charge in [0.05, 0.1) is 6.61 Å². The fourth-order valence-corrected chi connectivity index (χ4v) is 4.15. The Kier molecular flexibility index (Phi) is 7.09. The second-order valence-corrected chi connectivity index (χ2v) is 8.21. The van der Waals surface area contributed by atoms with Crippen LogP contribution in [0.2, 0.25) is 0 Å². The molecule has 1 aromatic carbocycles. The molecular formula is C22H34N2O2. The first kappa shape index (κ1) is 19.4. The summed E-state index contributed by atoms with van der Waals surface area (Å²) in [6.45, 7) is 10.1. The summed E-state index contributed by atoms with van der Waals surface area (Å²) in [5, 5.41) is 0. The van der Waals surface area contributed by atoms with Crippen LogP contribution in [0.15, 0.2) is 30.3 Å². The van der Waals surface area contributed by atoms with Gasteiger partial charge in [0.2, 0.25) is 0 Å². The third kappa shape index (κ3) is 5.55. The van der Waals surface area contributed by atoms with Gasteiger partial charge in [-0.2, -0.15) is 0 Å². The van der Waals surface area contributed by atoms with Gasteiger partial charge in [0.1, 0.15) is 6.10 Å². The maximum Gasteiger partial charge on any atom is 0.251 e. The van der Waals surface area contributed by atoms with Crippen LogP contribution < -0.4 is 0 Å². The Morgan fingerprint density at radius 1 is 1.15 bits per heavy atom. The van der Waals surface area contributed by atoms with Gasteiger partial charge in [-0.1, -0.05) is 37.3 Å². The summed E-state index contributed by atoms with van der Waals surface area (Å²) in [5.41, 5.74) is 1.11. The molecule has 0 spiro atoms. The Balaban J connectivity index is 1.44. The summed E-state index contributed by atoms with van der Waals surface area (Å²) in [6, 6.07) is 10.1. The number of benzene rings is 1. The average Bonchev–Trinajstić information content (AvgIpc) is 2.68. The van der Waals surface area contributed by atoms with Crippen molar-refractivity contribution in [2.24, 2.45) is 11.8 Å². The van der Waals surface area contributed by atoms with E-state index in [2.05, 4.69) is 11.8 Å². The topological polar surface area (TPSA) is 32.8 Å². The molecule has 0 aromatic heterocycles. The molecule has 3 rings (SSSR count). The predicted molar refractivity (Wildman–Crippen MR) is 105 cm³/mol. The molecule has 0 aliphatic carbocycles. The number of hydrogen-bond donors (Lipinski definition) is 0. The molecule has 2 aliphatic rings. The van der Waals surface area contributed by atoms with Crippen LogP contribution in [0.1, 0.15) is 45.1 Å². The average molecular weight is 359 g/mol. The second-order valence-electron chi connectivity index (χ2n) is 8.21. The van der Waals surface area contributed by atoms with Gasteiger partial charge in [0, 0.05) is 19.6 Å². The minimum absolute atomic E-state index is 0.151. The Bertz CT molecular complexity index is 555. The summed E-state index contributed by atoms with van der Waals surface area (Å²) < 4.78 is 5.84. The van der Waals surface area contributed by atoms with E-state index in [0.29, 0.717) is 12.5 Å². The molecule has 2 aliphatic heterocycles. The number of amides is 1. The van der Waals surface area contributed by atoms with Crippen LogP contribution in [0, 0.1) is 11.8 Å². The van der Waals surface area contributed by atoms with E-state index in [1.165, 1.54) is 32.4 Å². The van der Waals surface area contributed by atoms with Gasteiger partial charge in [-0.15, -0.1) is 0 Å². The van der Waals surface area contributed by atoms with E-state index in [0.717, 1.165) is 37.5 Å². The van der Waals surface area contributed by atoms with Gasteiger partial charge in [-0.25, -0.2) is 0 Å². The molecule has 0 radical (unpaired) electrons. The lowest BCUT2D eigenvalue weighted by atomic mass is 9.94. The number of carbonyl (C=O) groups excluding carboxylic acids is 1. The Hall–Kier alpha value is -1.39. The summed E-state index contributed by atoms with van der Waals surface area (Å²) in [6.07, 6.45) is 4.63. The zero-order valence-corrected chi connectivity index (χ0v) is 16.4. The molecule has 0 saturated carbocycles. The monoisotopic (exact) mass is 358 g/mol. The van der Waals surface area contributed by atoms with Crippen molar-refractivity contribution >= 4 is 5.91 Å². The number of rotatable bonds is 6. The van der Waals surface area contributed by atoms with E-state index in [-0.39, 0.29) is 12.0 Å². The van der Waals surface area contributed by atoms with Crippen LogP contribution in [0.4, 0.5) is 0 Å². The van der Waals surface area contributed by atoms with Crippen molar-refractivity contribution in [3.05, 3.63) is 35.9 Å². The summed E-state index contributed by atoms with van der Waals surface area (Å²) in [5.74, 6) is 1.64. The molecule has 144 valence electrons. The quantitative estimate of drug-likeness (QED) is 0.779. The molecule has 0 bridgehead atoms. The van der Waals surface area contributed by atoms with Crippen molar-refractivity contribution < 1.29 is 9.53 Å². The molecule has 1 aromatic rings. The van der Waals surface area contributed by atoms with Gasteiger partial charge < -0.3 is 14.5 Å². The van der Waals surface area contributed by atoms with Gasteiger partial charge in [0.15, 0.2) is 0 Å². The molecule has 4 heteroatoms.